The van der Waals surface area contributed by atoms with E-state index in [1.54, 1.807) is 4.52 Å². The first-order chi connectivity index (χ1) is 14.0. The van der Waals surface area contributed by atoms with E-state index >= 15 is 0 Å². The molecule has 0 spiro atoms. The molecular formula is C21H26N6OS. The molecule has 2 aromatic heterocycles. The SMILES string of the molecule is CSc1nc2nc(C)c(CC(=O)Nc3ccc(N4CCCC4)cc3C)c(C)n2n1. The molecule has 4 rings (SSSR count). The van der Waals surface area contributed by atoms with Crippen LogP contribution in [0.2, 0.25) is 0 Å². The molecule has 0 saturated carbocycles. The van der Waals surface area contributed by atoms with Crippen LogP contribution in [0.25, 0.3) is 5.78 Å². The number of rotatable bonds is 5. The van der Waals surface area contributed by atoms with Gasteiger partial charge in [0.2, 0.25) is 11.1 Å². The molecule has 0 radical (unpaired) electrons. The van der Waals surface area contributed by atoms with E-state index in [-0.39, 0.29) is 12.3 Å². The Morgan fingerprint density at radius 2 is 1.93 bits per heavy atom. The lowest BCUT2D eigenvalue weighted by Crippen LogP contribution is -2.19. The lowest BCUT2D eigenvalue weighted by atomic mass is 10.1. The predicted molar refractivity (Wildman–Crippen MR) is 117 cm³/mol. The average molecular weight is 411 g/mol. The second-order valence-electron chi connectivity index (χ2n) is 7.49. The molecule has 3 heterocycles. The number of anilines is 2. The van der Waals surface area contributed by atoms with Gasteiger partial charge in [-0.05, 0) is 63.6 Å². The van der Waals surface area contributed by atoms with Crippen LogP contribution in [-0.2, 0) is 11.2 Å². The Morgan fingerprint density at radius 3 is 2.62 bits per heavy atom. The zero-order valence-electron chi connectivity index (χ0n) is 17.3. The lowest BCUT2D eigenvalue weighted by Gasteiger charge is -2.19. The van der Waals surface area contributed by atoms with Crippen LogP contribution in [0.1, 0.15) is 35.4 Å². The Balaban J connectivity index is 1.52. The number of carbonyl (C=O) groups is 1. The molecule has 1 fully saturated rings. The minimum absolute atomic E-state index is 0.0559. The van der Waals surface area contributed by atoms with Crippen molar-refractivity contribution in [1.82, 2.24) is 19.6 Å². The van der Waals surface area contributed by atoms with Gasteiger partial charge < -0.3 is 10.2 Å². The molecule has 152 valence electrons. The number of aryl methyl sites for hydroxylation is 3. The number of benzene rings is 1. The monoisotopic (exact) mass is 410 g/mol. The van der Waals surface area contributed by atoms with Gasteiger partial charge in [0, 0.05) is 41.4 Å². The van der Waals surface area contributed by atoms with Gasteiger partial charge in [0.05, 0.1) is 6.42 Å². The number of aromatic nitrogens is 4. The molecule has 0 aliphatic carbocycles. The summed E-state index contributed by atoms with van der Waals surface area (Å²) in [6.07, 6.45) is 4.68. The van der Waals surface area contributed by atoms with Gasteiger partial charge >= 0.3 is 0 Å². The Morgan fingerprint density at radius 1 is 1.17 bits per heavy atom. The van der Waals surface area contributed by atoms with Gasteiger partial charge in [0.25, 0.3) is 5.78 Å². The van der Waals surface area contributed by atoms with Gasteiger partial charge in [-0.3, -0.25) is 4.79 Å². The molecule has 29 heavy (non-hydrogen) atoms. The van der Waals surface area contributed by atoms with Crippen LogP contribution in [-0.4, -0.2) is 44.8 Å². The van der Waals surface area contributed by atoms with Gasteiger partial charge in [0.1, 0.15) is 0 Å². The summed E-state index contributed by atoms with van der Waals surface area (Å²) < 4.78 is 1.72. The normalized spacial score (nSPS) is 14.0. The van der Waals surface area contributed by atoms with Crippen LogP contribution in [0.3, 0.4) is 0 Å². The van der Waals surface area contributed by atoms with E-state index in [4.69, 9.17) is 0 Å². The second kappa shape index (κ2) is 8.02. The van der Waals surface area contributed by atoms with E-state index in [2.05, 4.69) is 37.4 Å². The number of thioether (sulfide) groups is 1. The van der Waals surface area contributed by atoms with E-state index in [1.165, 1.54) is 30.3 Å². The van der Waals surface area contributed by atoms with Crippen molar-refractivity contribution in [2.75, 3.05) is 29.6 Å². The number of fused-ring (bicyclic) bond motifs is 1. The van der Waals surface area contributed by atoms with Gasteiger partial charge in [-0.1, -0.05) is 11.8 Å². The summed E-state index contributed by atoms with van der Waals surface area (Å²) in [5.74, 6) is 0.515. The van der Waals surface area contributed by atoms with E-state index < -0.39 is 0 Å². The molecule has 1 aromatic carbocycles. The van der Waals surface area contributed by atoms with E-state index in [0.29, 0.717) is 10.9 Å². The van der Waals surface area contributed by atoms with Crippen LogP contribution in [0.15, 0.2) is 23.4 Å². The fourth-order valence-electron chi connectivity index (χ4n) is 3.85. The Kier molecular flexibility index (Phi) is 5.45. The van der Waals surface area contributed by atoms with E-state index in [1.807, 2.05) is 33.1 Å². The Bertz CT molecular complexity index is 1070. The molecule has 0 unspecified atom stereocenters. The van der Waals surface area contributed by atoms with Crippen molar-refractivity contribution in [3.8, 4) is 0 Å². The predicted octanol–water partition coefficient (Wildman–Crippen LogP) is 3.55. The van der Waals surface area contributed by atoms with Gasteiger partial charge in [-0.2, -0.15) is 4.98 Å². The fraction of sp³-hybridized carbons (Fsp3) is 0.429. The topological polar surface area (TPSA) is 75.4 Å². The summed E-state index contributed by atoms with van der Waals surface area (Å²) in [5.41, 5.74) is 5.76. The van der Waals surface area contributed by atoms with Crippen molar-refractivity contribution in [2.24, 2.45) is 0 Å². The van der Waals surface area contributed by atoms with Gasteiger partial charge in [-0.15, -0.1) is 5.10 Å². The molecule has 0 bridgehead atoms. The number of hydrogen-bond acceptors (Lipinski definition) is 6. The maximum Gasteiger partial charge on any atom is 0.253 e. The number of hydrogen-bond donors (Lipinski definition) is 1. The summed E-state index contributed by atoms with van der Waals surface area (Å²) in [6.45, 7) is 8.14. The second-order valence-corrected chi connectivity index (χ2v) is 8.26. The molecule has 7 nitrogen and oxygen atoms in total. The van der Waals surface area contributed by atoms with Crippen LogP contribution >= 0.6 is 11.8 Å². The van der Waals surface area contributed by atoms with Crippen molar-refractivity contribution < 1.29 is 4.79 Å². The van der Waals surface area contributed by atoms with Crippen LogP contribution in [0.4, 0.5) is 11.4 Å². The summed E-state index contributed by atoms with van der Waals surface area (Å²) in [7, 11) is 0. The minimum Gasteiger partial charge on any atom is -0.372 e. The molecule has 1 N–H and O–H groups in total. The number of nitrogens with one attached hydrogen (secondary N) is 1. The third-order valence-electron chi connectivity index (χ3n) is 5.50. The molecule has 3 aromatic rings. The van der Waals surface area contributed by atoms with Crippen molar-refractivity contribution in [1.29, 1.82) is 0 Å². The number of amides is 1. The summed E-state index contributed by atoms with van der Waals surface area (Å²) in [5, 5.41) is 8.19. The first-order valence-electron chi connectivity index (χ1n) is 9.88. The molecule has 1 aliphatic heterocycles. The molecule has 0 atom stereocenters. The number of carbonyl (C=O) groups excluding carboxylic acids is 1. The minimum atomic E-state index is -0.0559. The highest BCUT2D eigenvalue weighted by Crippen LogP contribution is 2.26. The van der Waals surface area contributed by atoms with Gasteiger partial charge in [0.15, 0.2) is 0 Å². The Labute approximate surface area is 174 Å². The lowest BCUT2D eigenvalue weighted by molar-refractivity contribution is -0.115. The van der Waals surface area contributed by atoms with Crippen LogP contribution in [0, 0.1) is 20.8 Å². The molecule has 1 aliphatic rings. The van der Waals surface area contributed by atoms with Crippen molar-refractivity contribution in [3.63, 3.8) is 0 Å². The quantitative estimate of drug-likeness (QED) is 0.649. The summed E-state index contributed by atoms with van der Waals surface area (Å²) in [6, 6.07) is 6.26. The highest BCUT2D eigenvalue weighted by Gasteiger charge is 2.17. The van der Waals surface area contributed by atoms with Crippen LogP contribution < -0.4 is 10.2 Å². The van der Waals surface area contributed by atoms with Crippen molar-refractivity contribution >= 4 is 34.8 Å². The fourth-order valence-corrected chi connectivity index (χ4v) is 4.18. The third kappa shape index (κ3) is 3.94. The summed E-state index contributed by atoms with van der Waals surface area (Å²) >= 11 is 1.48. The maximum atomic E-state index is 12.8. The zero-order chi connectivity index (χ0) is 20.5. The number of nitrogens with zero attached hydrogens (tertiary/aromatic N) is 5. The molecule has 1 saturated heterocycles. The zero-order valence-corrected chi connectivity index (χ0v) is 18.1. The van der Waals surface area contributed by atoms with Crippen molar-refractivity contribution in [2.45, 2.75) is 45.2 Å². The first kappa shape index (κ1) is 19.7. The van der Waals surface area contributed by atoms with Crippen molar-refractivity contribution in [3.05, 3.63) is 40.7 Å². The molecule has 8 heteroatoms. The van der Waals surface area contributed by atoms with Crippen LogP contribution in [0.5, 0.6) is 0 Å². The van der Waals surface area contributed by atoms with E-state index in [0.717, 1.165) is 41.3 Å². The third-order valence-corrected chi connectivity index (χ3v) is 6.04. The standard InChI is InChI=1S/C21H26N6OS/c1-13-11-16(26-9-5-6-10-26)7-8-18(13)23-19(28)12-17-14(2)22-20-24-21(29-4)25-27(20)15(17)3/h7-8,11H,5-6,9-10,12H2,1-4H3,(H,23,28). The van der Waals surface area contributed by atoms with E-state index in [9.17, 15) is 4.79 Å². The highest BCUT2D eigenvalue weighted by atomic mass is 32.2. The average Bonchev–Trinajstić information content (AvgIpc) is 3.36. The smallest absolute Gasteiger partial charge is 0.253 e. The first-order valence-corrected chi connectivity index (χ1v) is 11.1. The molecule has 1 amide bonds. The summed E-state index contributed by atoms with van der Waals surface area (Å²) in [4.78, 5) is 24.1. The largest absolute Gasteiger partial charge is 0.372 e. The molecular weight excluding hydrogens is 384 g/mol. The Hall–Kier alpha value is -2.61. The highest BCUT2D eigenvalue weighted by molar-refractivity contribution is 7.98. The maximum absolute atomic E-state index is 12.8. The van der Waals surface area contributed by atoms with Gasteiger partial charge in [-0.25, -0.2) is 9.50 Å².